The minimum absolute atomic E-state index is 0.0672. The van der Waals surface area contributed by atoms with Gasteiger partial charge in [0.05, 0.1) is 5.56 Å². The first-order chi connectivity index (χ1) is 10.7. The predicted octanol–water partition coefficient (Wildman–Crippen LogP) is 5.84. The third-order valence-electron chi connectivity index (χ3n) is 5.09. The third kappa shape index (κ3) is 4.34. The molecule has 1 N–H and O–H groups in total. The van der Waals surface area contributed by atoms with E-state index in [1.165, 1.54) is 44.1 Å². The molecule has 0 aromatic heterocycles. The molecule has 0 radical (unpaired) electrons. The van der Waals surface area contributed by atoms with Crippen molar-refractivity contribution >= 4 is 5.78 Å². The Bertz CT molecular complexity index is 484. The molecule has 1 saturated carbocycles. The molecule has 1 fully saturated rings. The Labute approximate surface area is 134 Å². The second-order valence-corrected chi connectivity index (χ2v) is 6.81. The van der Waals surface area contributed by atoms with Gasteiger partial charge in [-0.2, -0.15) is 0 Å². The summed E-state index contributed by atoms with van der Waals surface area (Å²) in [4.78, 5) is 12.1. The topological polar surface area (TPSA) is 37.3 Å². The number of ketones is 1. The van der Waals surface area contributed by atoms with Crippen LogP contribution in [0.15, 0.2) is 18.2 Å². The molecular formula is C20H30O2. The van der Waals surface area contributed by atoms with Crippen molar-refractivity contribution in [1.29, 1.82) is 0 Å². The summed E-state index contributed by atoms with van der Waals surface area (Å²) >= 11 is 0. The van der Waals surface area contributed by atoms with Crippen LogP contribution in [0.1, 0.15) is 93.5 Å². The number of unbranched alkanes of at least 4 members (excludes halogenated alkanes) is 1. The Morgan fingerprint density at radius 3 is 2.45 bits per heavy atom. The summed E-state index contributed by atoms with van der Waals surface area (Å²) in [6, 6.07) is 5.73. The molecule has 0 atom stereocenters. The molecule has 0 spiro atoms. The highest BCUT2D eigenvalue weighted by Crippen LogP contribution is 2.38. The predicted molar refractivity (Wildman–Crippen MR) is 91.6 cm³/mol. The minimum Gasteiger partial charge on any atom is -0.507 e. The number of hydrogen-bond acceptors (Lipinski definition) is 2. The lowest BCUT2D eigenvalue weighted by molar-refractivity contribution is 0.0977. The van der Waals surface area contributed by atoms with Gasteiger partial charge in [0.15, 0.2) is 5.78 Å². The Morgan fingerprint density at radius 2 is 1.86 bits per heavy atom. The molecular weight excluding hydrogens is 272 g/mol. The van der Waals surface area contributed by atoms with Crippen LogP contribution >= 0.6 is 0 Å². The number of benzene rings is 1. The van der Waals surface area contributed by atoms with Crippen LogP contribution in [-0.4, -0.2) is 10.9 Å². The summed E-state index contributed by atoms with van der Waals surface area (Å²) in [6.07, 6.45) is 10.1. The van der Waals surface area contributed by atoms with Gasteiger partial charge in [-0.3, -0.25) is 4.79 Å². The van der Waals surface area contributed by atoms with Crippen molar-refractivity contribution in [2.45, 2.75) is 77.6 Å². The van der Waals surface area contributed by atoms with Gasteiger partial charge >= 0.3 is 0 Å². The van der Waals surface area contributed by atoms with Crippen LogP contribution in [0.3, 0.4) is 0 Å². The molecule has 0 amide bonds. The van der Waals surface area contributed by atoms with E-state index in [9.17, 15) is 9.90 Å². The van der Waals surface area contributed by atoms with Gasteiger partial charge in [-0.05, 0) is 61.6 Å². The zero-order valence-electron chi connectivity index (χ0n) is 14.1. The highest BCUT2D eigenvalue weighted by Gasteiger charge is 2.23. The first kappa shape index (κ1) is 17.1. The maximum atomic E-state index is 12.1. The smallest absolute Gasteiger partial charge is 0.166 e. The molecule has 0 saturated heterocycles. The van der Waals surface area contributed by atoms with Gasteiger partial charge in [-0.15, -0.1) is 0 Å². The van der Waals surface area contributed by atoms with Crippen molar-refractivity contribution in [2.24, 2.45) is 5.92 Å². The van der Waals surface area contributed by atoms with Gasteiger partial charge in [-0.1, -0.05) is 39.2 Å². The van der Waals surface area contributed by atoms with Crippen molar-refractivity contribution in [3.63, 3.8) is 0 Å². The Balaban J connectivity index is 1.99. The van der Waals surface area contributed by atoms with E-state index < -0.39 is 0 Å². The summed E-state index contributed by atoms with van der Waals surface area (Å²) in [5.74, 6) is 1.69. The van der Waals surface area contributed by atoms with Crippen molar-refractivity contribution in [2.75, 3.05) is 0 Å². The lowest BCUT2D eigenvalue weighted by atomic mass is 9.77. The van der Waals surface area contributed by atoms with Gasteiger partial charge in [-0.25, -0.2) is 0 Å². The third-order valence-corrected chi connectivity index (χ3v) is 5.09. The van der Waals surface area contributed by atoms with E-state index in [4.69, 9.17) is 0 Å². The Hall–Kier alpha value is -1.31. The number of Topliss-reactive ketones (excluding diaryl/α,β-unsaturated/α-hetero) is 1. The van der Waals surface area contributed by atoms with Crippen molar-refractivity contribution in [1.82, 2.24) is 0 Å². The fourth-order valence-electron chi connectivity index (χ4n) is 3.70. The van der Waals surface area contributed by atoms with Gasteiger partial charge in [0.2, 0.25) is 0 Å². The minimum atomic E-state index is 0.0672. The van der Waals surface area contributed by atoms with Gasteiger partial charge in [0.25, 0.3) is 0 Å². The van der Waals surface area contributed by atoms with E-state index in [-0.39, 0.29) is 11.5 Å². The molecule has 1 aliphatic carbocycles. The van der Waals surface area contributed by atoms with Crippen LogP contribution in [0.4, 0.5) is 0 Å². The standard InChI is InChI=1S/C20H30O2/c1-3-5-7-19(21)18-13-12-17(14-20(18)22)16-10-8-15(6-4-2)9-11-16/h12-16,22H,3-11H2,1-2H3. The van der Waals surface area contributed by atoms with E-state index in [1.54, 1.807) is 0 Å². The Kier molecular flexibility index (Phi) is 6.48. The monoisotopic (exact) mass is 302 g/mol. The second kappa shape index (κ2) is 8.36. The van der Waals surface area contributed by atoms with Crippen LogP contribution in [0.2, 0.25) is 0 Å². The number of rotatable bonds is 7. The molecule has 122 valence electrons. The average Bonchev–Trinajstić information content (AvgIpc) is 2.53. The molecule has 0 heterocycles. The number of hydrogen-bond donors (Lipinski definition) is 1. The van der Waals surface area contributed by atoms with E-state index in [1.807, 2.05) is 12.1 Å². The summed E-state index contributed by atoms with van der Waals surface area (Å²) in [5.41, 5.74) is 1.70. The van der Waals surface area contributed by atoms with Crippen molar-refractivity contribution in [3.05, 3.63) is 29.3 Å². The summed E-state index contributed by atoms with van der Waals surface area (Å²) in [6.45, 7) is 4.34. The van der Waals surface area contributed by atoms with Crippen LogP contribution in [-0.2, 0) is 0 Å². The lowest BCUT2D eigenvalue weighted by Crippen LogP contribution is -2.13. The van der Waals surface area contributed by atoms with Crippen LogP contribution in [0, 0.1) is 5.92 Å². The number of phenolic OH excluding ortho intramolecular Hbond substituents is 1. The summed E-state index contributed by atoms with van der Waals surface area (Å²) < 4.78 is 0. The maximum absolute atomic E-state index is 12.1. The van der Waals surface area contributed by atoms with Crippen molar-refractivity contribution < 1.29 is 9.90 Å². The fourth-order valence-corrected chi connectivity index (χ4v) is 3.70. The Morgan fingerprint density at radius 1 is 1.14 bits per heavy atom. The van der Waals surface area contributed by atoms with E-state index in [0.717, 1.165) is 18.8 Å². The molecule has 2 nitrogen and oxygen atoms in total. The van der Waals surface area contributed by atoms with Crippen LogP contribution in [0.25, 0.3) is 0 Å². The van der Waals surface area contributed by atoms with E-state index >= 15 is 0 Å². The van der Waals surface area contributed by atoms with E-state index in [0.29, 0.717) is 17.9 Å². The molecule has 0 bridgehead atoms. The number of carbonyl (C=O) groups excluding carboxylic acids is 1. The molecule has 2 heteroatoms. The largest absolute Gasteiger partial charge is 0.507 e. The van der Waals surface area contributed by atoms with E-state index in [2.05, 4.69) is 19.9 Å². The van der Waals surface area contributed by atoms with Crippen LogP contribution in [0.5, 0.6) is 5.75 Å². The first-order valence-electron chi connectivity index (χ1n) is 9.01. The average molecular weight is 302 g/mol. The molecule has 22 heavy (non-hydrogen) atoms. The van der Waals surface area contributed by atoms with Crippen LogP contribution < -0.4 is 0 Å². The van der Waals surface area contributed by atoms with Gasteiger partial charge in [0, 0.05) is 6.42 Å². The molecule has 1 aromatic rings. The number of carbonyl (C=O) groups is 1. The zero-order valence-corrected chi connectivity index (χ0v) is 14.1. The maximum Gasteiger partial charge on any atom is 0.166 e. The van der Waals surface area contributed by atoms with Gasteiger partial charge in [0.1, 0.15) is 5.75 Å². The first-order valence-corrected chi connectivity index (χ1v) is 9.01. The van der Waals surface area contributed by atoms with Gasteiger partial charge < -0.3 is 5.11 Å². The second-order valence-electron chi connectivity index (χ2n) is 6.81. The molecule has 2 rings (SSSR count). The SMILES string of the molecule is CCCCC(=O)c1ccc(C2CCC(CCC)CC2)cc1O. The summed E-state index contributed by atoms with van der Waals surface area (Å²) in [7, 11) is 0. The normalized spacial score (nSPS) is 21.7. The molecule has 0 unspecified atom stereocenters. The highest BCUT2D eigenvalue weighted by molar-refractivity contribution is 5.98. The highest BCUT2D eigenvalue weighted by atomic mass is 16.3. The molecule has 1 aromatic carbocycles. The zero-order chi connectivity index (χ0) is 15.9. The number of phenols is 1. The molecule has 0 aliphatic heterocycles. The number of aromatic hydroxyl groups is 1. The fraction of sp³-hybridized carbons (Fsp3) is 0.650. The summed E-state index contributed by atoms with van der Waals surface area (Å²) in [5, 5.41) is 10.2. The quantitative estimate of drug-likeness (QED) is 0.642. The molecule has 1 aliphatic rings. The lowest BCUT2D eigenvalue weighted by Gasteiger charge is -2.28. The van der Waals surface area contributed by atoms with Crippen molar-refractivity contribution in [3.8, 4) is 5.75 Å².